The quantitative estimate of drug-likeness (QED) is 0.538. The van der Waals surface area contributed by atoms with Gasteiger partial charge in [0.15, 0.2) is 11.5 Å². The van der Waals surface area contributed by atoms with Crippen LogP contribution in [-0.4, -0.2) is 45.4 Å². The lowest BCUT2D eigenvalue weighted by Gasteiger charge is -2.36. The Morgan fingerprint density at radius 1 is 0.941 bits per heavy atom. The van der Waals surface area contributed by atoms with Crippen molar-refractivity contribution in [3.8, 4) is 17.2 Å². The van der Waals surface area contributed by atoms with Gasteiger partial charge in [-0.2, -0.15) is 0 Å². The third-order valence-electron chi connectivity index (χ3n) is 6.35. The van der Waals surface area contributed by atoms with E-state index >= 15 is 0 Å². The highest BCUT2D eigenvalue weighted by atomic mass is 16.5. The molecule has 184 valence electrons. The topological polar surface area (TPSA) is 83.1 Å². The van der Waals surface area contributed by atoms with Gasteiger partial charge in [-0.15, -0.1) is 0 Å². The predicted molar refractivity (Wildman–Crippen MR) is 130 cm³/mol. The Morgan fingerprint density at radius 2 is 1.65 bits per heavy atom. The maximum absolute atomic E-state index is 13.2. The Balaban J connectivity index is 1.87. The fourth-order valence-electron chi connectivity index (χ4n) is 4.73. The summed E-state index contributed by atoms with van der Waals surface area (Å²) in [5, 5.41) is 3.24. The molecule has 3 rings (SSSR count). The third kappa shape index (κ3) is 6.01. The standard InChI is InChI=1S/C27H35NO6/c1-6-7-19-14-20(9-12-24(19)31-3)27(30)28-23-11-10-21(34-17(2)29)16-22(23)18-8-13-25(32-4)26(15-18)33-5/h8-9,12-15,21-23H,6-7,10-11,16H2,1-5H3,(H,28,30). The minimum Gasteiger partial charge on any atom is -0.496 e. The van der Waals surface area contributed by atoms with Gasteiger partial charge in [-0.3, -0.25) is 9.59 Å². The average Bonchev–Trinajstić information content (AvgIpc) is 2.84. The first-order valence-corrected chi connectivity index (χ1v) is 11.8. The maximum atomic E-state index is 13.2. The van der Waals surface area contributed by atoms with E-state index in [1.54, 1.807) is 27.4 Å². The summed E-state index contributed by atoms with van der Waals surface area (Å²) in [5.74, 6) is 1.60. The van der Waals surface area contributed by atoms with Crippen molar-refractivity contribution < 1.29 is 28.5 Å². The molecule has 2 aromatic rings. The van der Waals surface area contributed by atoms with Crippen LogP contribution in [-0.2, 0) is 16.0 Å². The van der Waals surface area contributed by atoms with E-state index in [2.05, 4.69) is 12.2 Å². The summed E-state index contributed by atoms with van der Waals surface area (Å²) in [6, 6.07) is 11.2. The fourth-order valence-corrected chi connectivity index (χ4v) is 4.73. The molecule has 0 spiro atoms. The molecule has 0 bridgehead atoms. The number of ether oxygens (including phenoxy) is 4. The predicted octanol–water partition coefficient (Wildman–Crippen LogP) is 4.66. The highest BCUT2D eigenvalue weighted by Crippen LogP contribution is 2.38. The highest BCUT2D eigenvalue weighted by molar-refractivity contribution is 5.94. The normalized spacial score (nSPS) is 19.7. The van der Waals surface area contributed by atoms with Gasteiger partial charge >= 0.3 is 5.97 Å². The number of aryl methyl sites for hydroxylation is 1. The second-order valence-corrected chi connectivity index (χ2v) is 8.62. The molecule has 0 aliphatic heterocycles. The summed E-state index contributed by atoms with van der Waals surface area (Å²) < 4.78 is 21.8. The zero-order chi connectivity index (χ0) is 24.7. The molecule has 0 radical (unpaired) electrons. The number of esters is 1. The van der Waals surface area contributed by atoms with Crippen LogP contribution < -0.4 is 19.5 Å². The molecule has 1 aliphatic rings. The van der Waals surface area contributed by atoms with Crippen molar-refractivity contribution in [2.24, 2.45) is 0 Å². The van der Waals surface area contributed by atoms with Crippen LogP contribution in [0.4, 0.5) is 0 Å². The zero-order valence-electron chi connectivity index (χ0n) is 20.7. The third-order valence-corrected chi connectivity index (χ3v) is 6.35. The number of hydrogen-bond donors (Lipinski definition) is 1. The molecule has 0 saturated heterocycles. The van der Waals surface area contributed by atoms with E-state index in [1.165, 1.54) is 6.92 Å². The van der Waals surface area contributed by atoms with Gasteiger partial charge in [0.1, 0.15) is 11.9 Å². The molecule has 0 heterocycles. The van der Waals surface area contributed by atoms with Gasteiger partial charge < -0.3 is 24.3 Å². The second kappa shape index (κ2) is 11.8. The molecule has 1 fully saturated rings. The van der Waals surface area contributed by atoms with Gasteiger partial charge in [-0.05, 0) is 67.1 Å². The van der Waals surface area contributed by atoms with E-state index in [4.69, 9.17) is 18.9 Å². The number of hydrogen-bond acceptors (Lipinski definition) is 6. The van der Waals surface area contributed by atoms with E-state index in [9.17, 15) is 9.59 Å². The lowest BCUT2D eigenvalue weighted by Crippen LogP contribution is -2.44. The van der Waals surface area contributed by atoms with Gasteiger partial charge in [0.2, 0.25) is 0 Å². The molecule has 1 N–H and O–H groups in total. The summed E-state index contributed by atoms with van der Waals surface area (Å²) in [6.45, 7) is 3.53. The lowest BCUT2D eigenvalue weighted by atomic mass is 9.78. The van der Waals surface area contributed by atoms with E-state index in [-0.39, 0.29) is 29.9 Å². The number of carbonyl (C=O) groups is 2. The summed E-state index contributed by atoms with van der Waals surface area (Å²) in [5.41, 5.74) is 2.63. The van der Waals surface area contributed by atoms with Crippen molar-refractivity contribution >= 4 is 11.9 Å². The van der Waals surface area contributed by atoms with Crippen LogP contribution in [0.5, 0.6) is 17.2 Å². The van der Waals surface area contributed by atoms with Crippen molar-refractivity contribution in [3.63, 3.8) is 0 Å². The first-order chi connectivity index (χ1) is 16.4. The van der Waals surface area contributed by atoms with E-state index in [0.717, 1.165) is 29.7 Å². The Morgan fingerprint density at radius 3 is 2.29 bits per heavy atom. The molecule has 7 nitrogen and oxygen atoms in total. The molecular weight excluding hydrogens is 434 g/mol. The second-order valence-electron chi connectivity index (χ2n) is 8.62. The van der Waals surface area contributed by atoms with Crippen LogP contribution in [0.15, 0.2) is 36.4 Å². The molecule has 2 aromatic carbocycles. The van der Waals surface area contributed by atoms with E-state index in [0.29, 0.717) is 36.3 Å². The molecule has 7 heteroatoms. The number of rotatable bonds is 9. The van der Waals surface area contributed by atoms with Crippen molar-refractivity contribution in [1.82, 2.24) is 5.32 Å². The summed E-state index contributed by atoms with van der Waals surface area (Å²) >= 11 is 0. The summed E-state index contributed by atoms with van der Waals surface area (Å²) in [6.07, 6.45) is 3.61. The molecule has 3 unspecified atom stereocenters. The monoisotopic (exact) mass is 469 g/mol. The highest BCUT2D eigenvalue weighted by Gasteiger charge is 2.34. The van der Waals surface area contributed by atoms with Crippen LogP contribution in [0.2, 0.25) is 0 Å². The minimum absolute atomic E-state index is 0.0461. The van der Waals surface area contributed by atoms with Crippen molar-refractivity contribution in [2.45, 2.75) is 64.0 Å². The molecule has 3 atom stereocenters. The van der Waals surface area contributed by atoms with E-state index in [1.807, 2.05) is 30.3 Å². The Bertz CT molecular complexity index is 1000. The molecule has 1 amide bonds. The van der Waals surface area contributed by atoms with Crippen LogP contribution in [0.3, 0.4) is 0 Å². The number of amides is 1. The average molecular weight is 470 g/mol. The molecule has 1 saturated carbocycles. The van der Waals surface area contributed by atoms with Crippen LogP contribution in [0.25, 0.3) is 0 Å². The van der Waals surface area contributed by atoms with Gasteiger partial charge in [-0.1, -0.05) is 19.4 Å². The minimum atomic E-state index is -0.291. The van der Waals surface area contributed by atoms with Crippen molar-refractivity contribution in [1.29, 1.82) is 0 Å². The Kier molecular flexibility index (Phi) is 8.79. The maximum Gasteiger partial charge on any atom is 0.302 e. The summed E-state index contributed by atoms with van der Waals surface area (Å²) in [7, 11) is 4.84. The van der Waals surface area contributed by atoms with Crippen LogP contribution in [0, 0.1) is 0 Å². The number of benzene rings is 2. The van der Waals surface area contributed by atoms with Crippen molar-refractivity contribution in [2.75, 3.05) is 21.3 Å². The van der Waals surface area contributed by atoms with Crippen LogP contribution >= 0.6 is 0 Å². The summed E-state index contributed by atoms with van der Waals surface area (Å²) in [4.78, 5) is 24.8. The molecule has 34 heavy (non-hydrogen) atoms. The smallest absolute Gasteiger partial charge is 0.302 e. The van der Waals surface area contributed by atoms with Gasteiger partial charge in [0.25, 0.3) is 5.91 Å². The first kappa shape index (κ1) is 25.4. The fraction of sp³-hybridized carbons (Fsp3) is 0.481. The van der Waals surface area contributed by atoms with Gasteiger partial charge in [0.05, 0.1) is 21.3 Å². The number of methoxy groups -OCH3 is 3. The largest absolute Gasteiger partial charge is 0.496 e. The molecular formula is C27H35NO6. The van der Waals surface area contributed by atoms with Gasteiger partial charge in [-0.25, -0.2) is 0 Å². The lowest BCUT2D eigenvalue weighted by molar-refractivity contribution is -0.148. The molecule has 0 aromatic heterocycles. The molecule has 1 aliphatic carbocycles. The number of nitrogens with one attached hydrogen (secondary N) is 1. The first-order valence-electron chi connectivity index (χ1n) is 11.8. The zero-order valence-corrected chi connectivity index (χ0v) is 20.7. The van der Waals surface area contributed by atoms with Crippen LogP contribution in [0.1, 0.15) is 66.9 Å². The van der Waals surface area contributed by atoms with Gasteiger partial charge in [0, 0.05) is 24.4 Å². The number of carbonyl (C=O) groups excluding carboxylic acids is 2. The SMILES string of the molecule is CCCc1cc(C(=O)NC2CCC(OC(C)=O)CC2c2ccc(OC)c(OC)c2)ccc1OC. The van der Waals surface area contributed by atoms with E-state index < -0.39 is 0 Å². The Labute approximate surface area is 201 Å². The Hall–Kier alpha value is -3.22. The van der Waals surface area contributed by atoms with Crippen molar-refractivity contribution in [3.05, 3.63) is 53.1 Å².